The van der Waals surface area contributed by atoms with Gasteiger partial charge in [0.1, 0.15) is 0 Å². The number of benzene rings is 9. The van der Waals surface area contributed by atoms with Crippen LogP contribution in [0.1, 0.15) is 57.1 Å². The van der Waals surface area contributed by atoms with Crippen LogP contribution in [0, 0.1) is 0 Å². The van der Waals surface area contributed by atoms with Gasteiger partial charge in [-0.15, -0.1) is 0 Å². The molecule has 0 N–H and O–H groups in total. The van der Waals surface area contributed by atoms with Crippen LogP contribution in [-0.4, -0.2) is 4.57 Å². The summed E-state index contributed by atoms with van der Waals surface area (Å²) in [7, 11) is 0. The molecule has 10 aromatic rings. The van der Waals surface area contributed by atoms with E-state index in [1.807, 2.05) is 0 Å². The number of hydrogen-bond acceptors (Lipinski definition) is 1. The topological polar surface area (TPSA) is 8.17 Å². The van der Waals surface area contributed by atoms with Gasteiger partial charge in [0.25, 0.3) is 0 Å². The molecule has 0 fully saturated rings. The van der Waals surface area contributed by atoms with Gasteiger partial charge in [-0.3, -0.25) is 0 Å². The highest BCUT2D eigenvalue weighted by atomic mass is 15.1. The lowest BCUT2D eigenvalue weighted by molar-refractivity contribution is 0.734. The first-order chi connectivity index (χ1) is 30.9. The van der Waals surface area contributed by atoms with Crippen LogP contribution >= 0.6 is 0 Å². The van der Waals surface area contributed by atoms with E-state index in [4.69, 9.17) is 0 Å². The zero-order valence-corrected chi connectivity index (χ0v) is 36.5. The van der Waals surface area contributed by atoms with Crippen LogP contribution < -0.4 is 4.90 Å². The van der Waals surface area contributed by atoms with Crippen molar-refractivity contribution >= 4 is 38.9 Å². The predicted octanol–water partition coefficient (Wildman–Crippen LogP) is 17.6. The third-order valence-corrected chi connectivity index (χ3v) is 12.9. The maximum absolute atomic E-state index is 2.43. The molecule has 0 radical (unpaired) electrons. The molecule has 1 atom stereocenters. The lowest BCUT2D eigenvalue weighted by Crippen LogP contribution is -2.09. The Morgan fingerprint density at radius 3 is 1.19 bits per heavy atom. The molecule has 10 rings (SSSR count). The van der Waals surface area contributed by atoms with Crippen LogP contribution in [0.2, 0.25) is 0 Å². The average molecular weight is 813 g/mol. The Balaban J connectivity index is 1.02. The van der Waals surface area contributed by atoms with Gasteiger partial charge in [-0.1, -0.05) is 173 Å². The molecule has 2 nitrogen and oxygen atoms in total. The van der Waals surface area contributed by atoms with Crippen molar-refractivity contribution in [3.63, 3.8) is 0 Å². The van der Waals surface area contributed by atoms with E-state index in [-0.39, 0.29) is 0 Å². The van der Waals surface area contributed by atoms with Crippen molar-refractivity contribution in [3.05, 3.63) is 230 Å². The Morgan fingerprint density at radius 1 is 0.365 bits per heavy atom. The second-order valence-corrected chi connectivity index (χ2v) is 17.2. The van der Waals surface area contributed by atoms with E-state index in [2.05, 4.69) is 256 Å². The number of fused-ring (bicyclic) bond motifs is 3. The Kier molecular flexibility index (Phi) is 10.8. The van der Waals surface area contributed by atoms with E-state index in [0.29, 0.717) is 11.8 Å². The van der Waals surface area contributed by atoms with Gasteiger partial charge in [-0.2, -0.15) is 0 Å². The number of hydrogen-bond donors (Lipinski definition) is 0. The minimum Gasteiger partial charge on any atom is -0.311 e. The Bertz CT molecular complexity index is 3120. The van der Waals surface area contributed by atoms with Crippen molar-refractivity contribution in [2.45, 2.75) is 46.0 Å². The lowest BCUT2D eigenvalue weighted by atomic mass is 9.95. The first kappa shape index (κ1) is 39.7. The van der Waals surface area contributed by atoms with Gasteiger partial charge in [-0.25, -0.2) is 0 Å². The van der Waals surface area contributed by atoms with Gasteiger partial charge >= 0.3 is 0 Å². The summed E-state index contributed by atoms with van der Waals surface area (Å²) in [6, 6.07) is 80.3. The Labute approximate surface area is 372 Å². The van der Waals surface area contributed by atoms with Crippen molar-refractivity contribution in [1.29, 1.82) is 0 Å². The van der Waals surface area contributed by atoms with E-state index in [1.54, 1.807) is 0 Å². The largest absolute Gasteiger partial charge is 0.311 e. The molecule has 1 heterocycles. The molecule has 0 aliphatic rings. The molecule has 0 spiro atoms. The maximum Gasteiger partial charge on any atom is 0.0541 e. The third kappa shape index (κ3) is 7.86. The summed E-state index contributed by atoms with van der Waals surface area (Å²) < 4.78 is 2.43. The van der Waals surface area contributed by atoms with E-state index in [0.717, 1.165) is 23.5 Å². The first-order valence-corrected chi connectivity index (χ1v) is 22.4. The molecule has 0 saturated carbocycles. The SMILES string of the molecule is CCC(C)c1ccc(-c2ccc(-c3ccc4c(c3)c3cc(-c5ccc(N(c6ccccc6)c6ccc(-c7ccccc7)cc6)cc5)ccc3n4-c3ccc(C(C)C)cc3)cc2)cc1. The zero-order chi connectivity index (χ0) is 42.9. The summed E-state index contributed by atoms with van der Waals surface area (Å²) in [4.78, 5) is 2.33. The first-order valence-electron chi connectivity index (χ1n) is 22.4. The summed E-state index contributed by atoms with van der Waals surface area (Å²) in [5.74, 6) is 1.05. The number of anilines is 3. The minimum atomic E-state index is 0.476. The second kappa shape index (κ2) is 17.2. The predicted molar refractivity (Wildman–Crippen MR) is 270 cm³/mol. The number of nitrogens with zero attached hydrogens (tertiary/aromatic N) is 2. The van der Waals surface area contributed by atoms with E-state index >= 15 is 0 Å². The van der Waals surface area contributed by atoms with Crippen LogP contribution in [0.4, 0.5) is 17.1 Å². The highest BCUT2D eigenvalue weighted by Crippen LogP contribution is 2.40. The van der Waals surface area contributed by atoms with Gasteiger partial charge in [0.05, 0.1) is 11.0 Å². The quantitative estimate of drug-likeness (QED) is 0.126. The van der Waals surface area contributed by atoms with Crippen molar-refractivity contribution in [1.82, 2.24) is 4.57 Å². The fourth-order valence-corrected chi connectivity index (χ4v) is 9.02. The molecule has 0 aliphatic carbocycles. The second-order valence-electron chi connectivity index (χ2n) is 17.2. The lowest BCUT2D eigenvalue weighted by Gasteiger charge is -2.26. The monoisotopic (exact) mass is 812 g/mol. The molecule has 0 aliphatic heterocycles. The summed E-state index contributed by atoms with van der Waals surface area (Å²) >= 11 is 0. The van der Waals surface area contributed by atoms with Crippen LogP contribution in [-0.2, 0) is 0 Å². The number of para-hydroxylation sites is 1. The third-order valence-electron chi connectivity index (χ3n) is 12.9. The highest BCUT2D eigenvalue weighted by Gasteiger charge is 2.17. The molecule has 63 heavy (non-hydrogen) atoms. The molecule has 0 amide bonds. The Hall–Kier alpha value is -7.42. The van der Waals surface area contributed by atoms with Gasteiger partial charge in [-0.05, 0) is 147 Å². The highest BCUT2D eigenvalue weighted by molar-refractivity contribution is 6.11. The van der Waals surface area contributed by atoms with Gasteiger partial charge in [0.2, 0.25) is 0 Å². The van der Waals surface area contributed by atoms with Crippen LogP contribution in [0.15, 0.2) is 218 Å². The average Bonchev–Trinajstić information content (AvgIpc) is 3.68. The van der Waals surface area contributed by atoms with Crippen molar-refractivity contribution in [2.24, 2.45) is 0 Å². The maximum atomic E-state index is 2.43. The van der Waals surface area contributed by atoms with E-state index < -0.39 is 0 Å². The summed E-state index contributed by atoms with van der Waals surface area (Å²) in [5.41, 5.74) is 19.4. The van der Waals surface area contributed by atoms with Gasteiger partial charge < -0.3 is 9.47 Å². The summed E-state index contributed by atoms with van der Waals surface area (Å²) in [6.07, 6.45) is 1.15. The molecule has 0 saturated heterocycles. The molecule has 0 bridgehead atoms. The normalized spacial score (nSPS) is 12.0. The smallest absolute Gasteiger partial charge is 0.0541 e. The number of aromatic nitrogens is 1. The summed E-state index contributed by atoms with van der Waals surface area (Å²) in [6.45, 7) is 9.06. The zero-order valence-electron chi connectivity index (χ0n) is 36.5. The molecule has 1 unspecified atom stereocenters. The molecule has 306 valence electrons. The summed E-state index contributed by atoms with van der Waals surface area (Å²) in [5, 5.41) is 2.48. The van der Waals surface area contributed by atoms with Gasteiger partial charge in [0, 0.05) is 33.5 Å². The molecular weight excluding hydrogens is 761 g/mol. The fraction of sp³-hybridized carbons (Fsp3) is 0.115. The molecule has 9 aromatic carbocycles. The molecule has 1 aromatic heterocycles. The molecular formula is C61H52N2. The van der Waals surface area contributed by atoms with Crippen LogP contribution in [0.5, 0.6) is 0 Å². The van der Waals surface area contributed by atoms with E-state index in [9.17, 15) is 0 Å². The molecule has 2 heteroatoms. The van der Waals surface area contributed by atoms with Gasteiger partial charge in [0.15, 0.2) is 0 Å². The minimum absolute atomic E-state index is 0.476. The van der Waals surface area contributed by atoms with Crippen molar-refractivity contribution in [3.8, 4) is 50.2 Å². The van der Waals surface area contributed by atoms with Crippen LogP contribution in [0.3, 0.4) is 0 Å². The standard InChI is InChI=1S/C61H52N2/c1-5-43(4)45-16-18-47(19-17-45)48-20-22-50(23-21-48)52-30-38-60-58(40-52)59-41-53(31-39-61(59)63(60)57-32-24-44(25-33-57)42(2)3)51-28-36-56(37-29-51)62(54-14-10-7-11-15-54)55-34-26-49(27-35-55)46-12-8-6-9-13-46/h6-43H,5H2,1-4H3. The fourth-order valence-electron chi connectivity index (χ4n) is 9.02. The number of rotatable bonds is 11. The van der Waals surface area contributed by atoms with E-state index in [1.165, 1.54) is 83.1 Å². The van der Waals surface area contributed by atoms with Crippen molar-refractivity contribution < 1.29 is 0 Å². The van der Waals surface area contributed by atoms with Crippen molar-refractivity contribution in [2.75, 3.05) is 4.90 Å². The Morgan fingerprint density at radius 2 is 0.730 bits per heavy atom. The van der Waals surface area contributed by atoms with Crippen LogP contribution in [0.25, 0.3) is 72.0 Å².